The second kappa shape index (κ2) is 8.61. The number of hydrogen-bond acceptors (Lipinski definition) is 5. The van der Waals surface area contributed by atoms with Gasteiger partial charge in [-0.25, -0.2) is 4.98 Å². The number of allylic oxidation sites excluding steroid dienone is 1. The van der Waals surface area contributed by atoms with E-state index in [9.17, 15) is 4.79 Å². The summed E-state index contributed by atoms with van der Waals surface area (Å²) in [6, 6.07) is 20.3. The molecule has 2 aromatic heterocycles. The minimum Gasteiger partial charge on any atom is -0.494 e. The fourth-order valence-electron chi connectivity index (χ4n) is 3.95. The molecule has 1 aliphatic carbocycles. The number of thiophene rings is 1. The molecule has 0 saturated heterocycles. The first kappa shape index (κ1) is 19.9. The Bertz CT molecular complexity index is 1250. The van der Waals surface area contributed by atoms with E-state index in [1.165, 1.54) is 5.56 Å². The van der Waals surface area contributed by atoms with Crippen molar-refractivity contribution < 1.29 is 9.53 Å². The van der Waals surface area contributed by atoms with Crippen LogP contribution in [0.25, 0.3) is 11.1 Å². The zero-order valence-electron chi connectivity index (χ0n) is 17.1. The smallest absolute Gasteiger partial charge is 0.195 e. The minimum atomic E-state index is 0.0648. The maximum Gasteiger partial charge on any atom is 0.195 e. The van der Waals surface area contributed by atoms with Crippen molar-refractivity contribution in [1.29, 1.82) is 0 Å². The summed E-state index contributed by atoms with van der Waals surface area (Å²) < 4.78 is 6.00. The molecule has 2 heterocycles. The van der Waals surface area contributed by atoms with Crippen molar-refractivity contribution in [3.05, 3.63) is 104 Å². The Labute approximate surface area is 189 Å². The highest BCUT2D eigenvalue weighted by Gasteiger charge is 2.33. The molecule has 0 amide bonds. The van der Waals surface area contributed by atoms with Crippen molar-refractivity contribution in [2.75, 3.05) is 6.61 Å². The first-order chi connectivity index (χ1) is 15.2. The number of nitrogens with zero attached hydrogens (tertiary/aromatic N) is 1. The second-order valence-corrected chi connectivity index (χ2v) is 9.27. The summed E-state index contributed by atoms with van der Waals surface area (Å²) in [7, 11) is 0. The largest absolute Gasteiger partial charge is 0.494 e. The van der Waals surface area contributed by atoms with Crippen LogP contribution in [-0.2, 0) is 6.42 Å². The third kappa shape index (κ3) is 3.87. The molecule has 3 nitrogen and oxygen atoms in total. The molecule has 154 valence electrons. The minimum absolute atomic E-state index is 0.0648. The van der Waals surface area contributed by atoms with Crippen LogP contribution in [0.15, 0.2) is 71.6 Å². The number of aromatic nitrogens is 1. The van der Waals surface area contributed by atoms with Crippen molar-refractivity contribution in [2.45, 2.75) is 19.8 Å². The summed E-state index contributed by atoms with van der Waals surface area (Å²) in [4.78, 5) is 19.9. The normalized spacial score (nSPS) is 13.0. The zero-order valence-corrected chi connectivity index (χ0v) is 18.8. The second-order valence-electron chi connectivity index (χ2n) is 7.47. The molecule has 0 fully saturated rings. The number of hydrogen-bond donors (Lipinski definition) is 0. The van der Waals surface area contributed by atoms with Crippen LogP contribution in [0.2, 0.25) is 0 Å². The highest BCUT2D eigenvalue weighted by atomic mass is 32.1. The molecule has 31 heavy (non-hydrogen) atoms. The average Bonchev–Trinajstić information content (AvgIpc) is 3.52. The Morgan fingerprint density at radius 2 is 1.81 bits per heavy atom. The van der Waals surface area contributed by atoms with E-state index in [0.29, 0.717) is 12.2 Å². The van der Waals surface area contributed by atoms with Gasteiger partial charge >= 0.3 is 0 Å². The van der Waals surface area contributed by atoms with E-state index in [-0.39, 0.29) is 5.78 Å². The van der Waals surface area contributed by atoms with Gasteiger partial charge in [0.25, 0.3) is 0 Å². The van der Waals surface area contributed by atoms with Crippen LogP contribution in [0.5, 0.6) is 5.75 Å². The molecule has 0 spiro atoms. The molecule has 2 aromatic carbocycles. The van der Waals surface area contributed by atoms with Crippen LogP contribution >= 0.6 is 22.7 Å². The number of fused-ring (bicyclic) bond motifs is 1. The monoisotopic (exact) mass is 443 g/mol. The topological polar surface area (TPSA) is 39.2 Å². The molecule has 0 N–H and O–H groups in total. The summed E-state index contributed by atoms with van der Waals surface area (Å²) in [6.07, 6.45) is 1.91. The number of ether oxygens (including phenoxy) is 1. The number of aryl methyl sites for hydroxylation is 2. The van der Waals surface area contributed by atoms with Crippen LogP contribution in [-0.4, -0.2) is 17.4 Å². The fraction of sp³-hybridized carbons (Fsp3) is 0.154. The third-order valence-electron chi connectivity index (χ3n) is 5.44. The van der Waals surface area contributed by atoms with Gasteiger partial charge < -0.3 is 4.74 Å². The summed E-state index contributed by atoms with van der Waals surface area (Å²) in [5, 5.41) is 2.01. The van der Waals surface area contributed by atoms with Gasteiger partial charge in [-0.15, -0.1) is 22.7 Å². The van der Waals surface area contributed by atoms with Gasteiger partial charge in [0.1, 0.15) is 5.75 Å². The maximum absolute atomic E-state index is 13.5. The quantitative estimate of drug-likeness (QED) is 0.299. The van der Waals surface area contributed by atoms with Crippen molar-refractivity contribution in [1.82, 2.24) is 4.98 Å². The zero-order chi connectivity index (χ0) is 21.2. The molecule has 5 rings (SSSR count). The Kier molecular flexibility index (Phi) is 5.53. The average molecular weight is 444 g/mol. The Hall–Kier alpha value is -3.02. The van der Waals surface area contributed by atoms with E-state index < -0.39 is 0 Å². The van der Waals surface area contributed by atoms with Crippen molar-refractivity contribution in [2.24, 2.45) is 0 Å². The number of Topliss-reactive ketones (excluding diaryl/α,β-unsaturated/α-hetero) is 1. The first-order valence-electron chi connectivity index (χ1n) is 10.3. The highest BCUT2D eigenvalue weighted by molar-refractivity contribution is 7.12. The van der Waals surface area contributed by atoms with E-state index in [1.54, 1.807) is 22.7 Å². The summed E-state index contributed by atoms with van der Waals surface area (Å²) >= 11 is 3.18. The Morgan fingerprint density at radius 3 is 2.55 bits per heavy atom. The first-order valence-corrected chi connectivity index (χ1v) is 12.0. The van der Waals surface area contributed by atoms with E-state index in [1.807, 2.05) is 54.2 Å². The van der Waals surface area contributed by atoms with Crippen LogP contribution in [0.4, 0.5) is 0 Å². The van der Waals surface area contributed by atoms with Crippen molar-refractivity contribution >= 4 is 39.6 Å². The van der Waals surface area contributed by atoms with Gasteiger partial charge in [-0.1, -0.05) is 36.4 Å². The summed E-state index contributed by atoms with van der Waals surface area (Å²) in [6.45, 7) is 2.62. The molecule has 0 bridgehead atoms. The molecule has 0 unspecified atom stereocenters. The highest BCUT2D eigenvalue weighted by Crippen LogP contribution is 2.46. The molecule has 5 heteroatoms. The van der Waals surface area contributed by atoms with Gasteiger partial charge in [0.2, 0.25) is 0 Å². The predicted molar refractivity (Wildman–Crippen MR) is 128 cm³/mol. The van der Waals surface area contributed by atoms with Gasteiger partial charge in [0, 0.05) is 21.6 Å². The lowest BCUT2D eigenvalue weighted by Crippen LogP contribution is -2.02. The summed E-state index contributed by atoms with van der Waals surface area (Å²) in [5.41, 5.74) is 7.57. The van der Waals surface area contributed by atoms with Crippen LogP contribution < -0.4 is 4.74 Å². The molecular weight excluding hydrogens is 422 g/mol. The molecule has 1 aliphatic rings. The van der Waals surface area contributed by atoms with Crippen molar-refractivity contribution in [3.8, 4) is 5.75 Å². The standard InChI is InChI=1S/C26H21NO2S2/c1-17-26(31-16-27-17)23-20-12-11-19(29-13-5-9-18-7-3-2-4-8-18)15-21(20)25(28)24(23)22-10-6-14-30-22/h2-4,6-8,10-12,14-16H,5,9,13H2,1H3. The molecule has 4 aromatic rings. The van der Waals surface area contributed by atoms with E-state index >= 15 is 0 Å². The lowest BCUT2D eigenvalue weighted by molar-refractivity contribution is 0.105. The van der Waals surface area contributed by atoms with E-state index in [0.717, 1.165) is 50.7 Å². The number of thiazole rings is 1. The Balaban J connectivity index is 1.40. The number of carbonyl (C=O) groups excluding carboxylic acids is 1. The number of rotatable bonds is 7. The van der Waals surface area contributed by atoms with Gasteiger partial charge in [0.05, 0.1) is 22.7 Å². The predicted octanol–water partition coefficient (Wildman–Crippen LogP) is 6.68. The lowest BCUT2D eigenvalue weighted by Gasteiger charge is -2.09. The summed E-state index contributed by atoms with van der Waals surface area (Å²) in [5.74, 6) is 0.808. The van der Waals surface area contributed by atoms with Crippen LogP contribution in [0.1, 0.15) is 43.4 Å². The number of carbonyl (C=O) groups is 1. The molecule has 0 saturated carbocycles. The van der Waals surface area contributed by atoms with Gasteiger partial charge in [-0.3, -0.25) is 4.79 Å². The van der Waals surface area contributed by atoms with Gasteiger partial charge in [0.15, 0.2) is 5.78 Å². The van der Waals surface area contributed by atoms with E-state index in [2.05, 4.69) is 29.2 Å². The third-order valence-corrected chi connectivity index (χ3v) is 7.28. The molecule has 0 aliphatic heterocycles. The number of benzene rings is 2. The van der Waals surface area contributed by atoms with Gasteiger partial charge in [-0.05, 0) is 60.5 Å². The maximum atomic E-state index is 13.5. The van der Waals surface area contributed by atoms with Crippen molar-refractivity contribution in [3.63, 3.8) is 0 Å². The Morgan fingerprint density at radius 1 is 0.935 bits per heavy atom. The number of ketones is 1. The van der Waals surface area contributed by atoms with Crippen LogP contribution in [0.3, 0.4) is 0 Å². The molecule has 0 radical (unpaired) electrons. The van der Waals surface area contributed by atoms with E-state index in [4.69, 9.17) is 4.74 Å². The molecular formula is C26H21NO2S2. The molecule has 0 atom stereocenters. The SMILES string of the molecule is Cc1ncsc1C1=C(c2cccs2)C(=O)c2cc(OCCCc3ccccc3)ccc21. The fourth-order valence-corrected chi connectivity index (χ4v) is 5.59. The van der Waals surface area contributed by atoms with Gasteiger partial charge in [-0.2, -0.15) is 0 Å². The lowest BCUT2D eigenvalue weighted by atomic mass is 10.0. The van der Waals surface area contributed by atoms with Crippen LogP contribution in [0, 0.1) is 6.92 Å².